The van der Waals surface area contributed by atoms with Gasteiger partial charge < -0.3 is 15.0 Å². The number of hydrogen-bond acceptors (Lipinski definition) is 2. The zero-order valence-corrected chi connectivity index (χ0v) is 12.2. The van der Waals surface area contributed by atoms with Gasteiger partial charge in [-0.3, -0.25) is 4.79 Å². The molecule has 0 saturated heterocycles. The first kappa shape index (κ1) is 17.6. The Morgan fingerprint density at radius 3 is 2.52 bits per heavy atom. The van der Waals surface area contributed by atoms with E-state index in [2.05, 4.69) is 5.32 Å². The van der Waals surface area contributed by atoms with Gasteiger partial charge >= 0.3 is 6.18 Å². The summed E-state index contributed by atoms with van der Waals surface area (Å²) >= 11 is 0. The van der Waals surface area contributed by atoms with Crippen LogP contribution in [0.1, 0.15) is 37.2 Å². The van der Waals surface area contributed by atoms with Crippen LogP contribution in [0.5, 0.6) is 0 Å². The van der Waals surface area contributed by atoms with Crippen LogP contribution in [0.2, 0.25) is 0 Å². The van der Waals surface area contributed by atoms with E-state index in [4.69, 9.17) is 0 Å². The van der Waals surface area contributed by atoms with Crippen molar-refractivity contribution in [1.82, 2.24) is 9.88 Å². The second-order valence-electron chi connectivity index (χ2n) is 4.99. The lowest BCUT2D eigenvalue weighted by atomic mass is 9.96. The minimum Gasteiger partial charge on any atom is -0.391 e. The average molecular weight is 306 g/mol. The highest BCUT2D eigenvalue weighted by atomic mass is 19.4. The third kappa shape index (κ3) is 5.41. The molecule has 120 valence electrons. The van der Waals surface area contributed by atoms with E-state index in [0.717, 1.165) is 17.4 Å². The molecule has 0 aliphatic carbocycles. The molecule has 0 aliphatic rings. The smallest absolute Gasteiger partial charge is 0.391 e. The molecule has 0 aliphatic heterocycles. The SMILES string of the molecule is CCC(CC)C(O)CNC(=O)c1cccn1CC(F)(F)F. The quantitative estimate of drug-likeness (QED) is 0.813. The number of alkyl halides is 3. The number of amides is 1. The van der Waals surface area contributed by atoms with E-state index in [1.54, 1.807) is 0 Å². The van der Waals surface area contributed by atoms with Crippen molar-refractivity contribution in [2.24, 2.45) is 5.92 Å². The largest absolute Gasteiger partial charge is 0.406 e. The topological polar surface area (TPSA) is 54.3 Å². The van der Waals surface area contributed by atoms with Gasteiger partial charge in [-0.25, -0.2) is 0 Å². The molecule has 1 amide bonds. The lowest BCUT2D eigenvalue weighted by molar-refractivity contribution is -0.140. The first-order valence-electron chi connectivity index (χ1n) is 6.96. The van der Waals surface area contributed by atoms with Crippen molar-refractivity contribution in [2.75, 3.05) is 6.54 Å². The van der Waals surface area contributed by atoms with Gasteiger partial charge in [0.05, 0.1) is 6.10 Å². The van der Waals surface area contributed by atoms with Crippen LogP contribution in [0.3, 0.4) is 0 Å². The second-order valence-corrected chi connectivity index (χ2v) is 4.99. The normalized spacial score (nSPS) is 13.5. The highest BCUT2D eigenvalue weighted by molar-refractivity contribution is 5.92. The monoisotopic (exact) mass is 306 g/mol. The minimum atomic E-state index is -4.39. The van der Waals surface area contributed by atoms with Gasteiger partial charge in [0.15, 0.2) is 0 Å². The molecule has 0 radical (unpaired) electrons. The number of aliphatic hydroxyl groups is 1. The zero-order chi connectivity index (χ0) is 16.0. The minimum absolute atomic E-state index is 0.0301. The number of halogens is 3. The van der Waals surface area contributed by atoms with Crippen molar-refractivity contribution >= 4 is 5.91 Å². The van der Waals surface area contributed by atoms with E-state index in [1.165, 1.54) is 18.3 Å². The van der Waals surface area contributed by atoms with Crippen LogP contribution >= 0.6 is 0 Å². The van der Waals surface area contributed by atoms with Gasteiger partial charge in [-0.1, -0.05) is 26.7 Å². The van der Waals surface area contributed by atoms with Crippen molar-refractivity contribution < 1.29 is 23.1 Å². The summed E-state index contributed by atoms with van der Waals surface area (Å²) in [4.78, 5) is 11.9. The molecule has 0 bridgehead atoms. The van der Waals surface area contributed by atoms with E-state index >= 15 is 0 Å². The van der Waals surface area contributed by atoms with Crippen LogP contribution in [0.15, 0.2) is 18.3 Å². The van der Waals surface area contributed by atoms with Gasteiger partial charge in [-0.2, -0.15) is 13.2 Å². The van der Waals surface area contributed by atoms with E-state index in [0.29, 0.717) is 0 Å². The molecule has 7 heteroatoms. The molecular formula is C14H21F3N2O2. The Kier molecular flexibility index (Phi) is 6.26. The van der Waals surface area contributed by atoms with Crippen LogP contribution in [0, 0.1) is 5.92 Å². The Morgan fingerprint density at radius 2 is 2.00 bits per heavy atom. The average Bonchev–Trinajstić information content (AvgIpc) is 2.83. The molecule has 1 unspecified atom stereocenters. The molecule has 0 aromatic carbocycles. The summed E-state index contributed by atoms with van der Waals surface area (Å²) < 4.78 is 38.0. The molecular weight excluding hydrogens is 285 g/mol. The predicted molar refractivity (Wildman–Crippen MR) is 72.9 cm³/mol. The molecule has 1 rings (SSSR count). The lowest BCUT2D eigenvalue weighted by Crippen LogP contribution is -2.37. The van der Waals surface area contributed by atoms with E-state index in [-0.39, 0.29) is 18.2 Å². The maximum absolute atomic E-state index is 12.4. The number of aliphatic hydroxyl groups excluding tert-OH is 1. The van der Waals surface area contributed by atoms with Crippen LogP contribution in [0.4, 0.5) is 13.2 Å². The first-order valence-corrected chi connectivity index (χ1v) is 6.96. The summed E-state index contributed by atoms with van der Waals surface area (Å²) in [6, 6.07) is 2.71. The van der Waals surface area contributed by atoms with Gasteiger partial charge in [0.1, 0.15) is 12.2 Å². The first-order chi connectivity index (χ1) is 9.78. The Bertz CT molecular complexity index is 453. The summed E-state index contributed by atoms with van der Waals surface area (Å²) in [5, 5.41) is 12.4. The summed E-state index contributed by atoms with van der Waals surface area (Å²) in [5.74, 6) is -0.554. The van der Waals surface area contributed by atoms with Crippen LogP contribution in [-0.4, -0.2) is 34.4 Å². The van der Waals surface area contributed by atoms with Crippen LogP contribution in [0.25, 0.3) is 0 Å². The number of rotatable bonds is 7. The molecule has 0 spiro atoms. The summed E-state index contributed by atoms with van der Waals surface area (Å²) in [5.41, 5.74) is -0.0657. The Hall–Kier alpha value is -1.50. The van der Waals surface area contributed by atoms with Crippen LogP contribution < -0.4 is 5.32 Å². The van der Waals surface area contributed by atoms with E-state index < -0.39 is 24.7 Å². The summed E-state index contributed by atoms with van der Waals surface area (Å²) in [6.07, 6.45) is -2.33. The van der Waals surface area contributed by atoms with Crippen molar-refractivity contribution in [3.63, 3.8) is 0 Å². The van der Waals surface area contributed by atoms with Gasteiger partial charge in [-0.05, 0) is 18.1 Å². The molecule has 4 nitrogen and oxygen atoms in total. The third-order valence-corrected chi connectivity index (χ3v) is 3.48. The number of carbonyl (C=O) groups excluding carboxylic acids is 1. The van der Waals surface area contributed by atoms with E-state index in [1.807, 2.05) is 13.8 Å². The molecule has 0 saturated carbocycles. The third-order valence-electron chi connectivity index (χ3n) is 3.48. The molecule has 1 atom stereocenters. The Balaban J connectivity index is 2.63. The maximum atomic E-state index is 12.4. The van der Waals surface area contributed by atoms with Crippen molar-refractivity contribution in [3.8, 4) is 0 Å². The highest BCUT2D eigenvalue weighted by Gasteiger charge is 2.29. The number of aromatic nitrogens is 1. The maximum Gasteiger partial charge on any atom is 0.406 e. The Morgan fingerprint density at radius 1 is 1.38 bits per heavy atom. The van der Waals surface area contributed by atoms with Gasteiger partial charge in [0, 0.05) is 12.7 Å². The molecule has 21 heavy (non-hydrogen) atoms. The van der Waals surface area contributed by atoms with Crippen LogP contribution in [-0.2, 0) is 6.54 Å². The van der Waals surface area contributed by atoms with Gasteiger partial charge in [-0.15, -0.1) is 0 Å². The van der Waals surface area contributed by atoms with Gasteiger partial charge in [0.25, 0.3) is 5.91 Å². The number of nitrogens with one attached hydrogen (secondary N) is 1. The predicted octanol–water partition coefficient (Wildman–Crippen LogP) is 2.58. The van der Waals surface area contributed by atoms with Crippen molar-refractivity contribution in [3.05, 3.63) is 24.0 Å². The molecule has 2 N–H and O–H groups in total. The fraction of sp³-hybridized carbons (Fsp3) is 0.643. The van der Waals surface area contributed by atoms with E-state index in [9.17, 15) is 23.1 Å². The molecule has 0 fully saturated rings. The number of hydrogen-bond donors (Lipinski definition) is 2. The van der Waals surface area contributed by atoms with Crippen molar-refractivity contribution in [1.29, 1.82) is 0 Å². The highest BCUT2D eigenvalue weighted by Crippen LogP contribution is 2.19. The summed E-state index contributed by atoms with van der Waals surface area (Å²) in [6.45, 7) is 2.70. The number of carbonyl (C=O) groups is 1. The fourth-order valence-corrected chi connectivity index (χ4v) is 2.24. The lowest BCUT2D eigenvalue weighted by Gasteiger charge is -2.20. The summed E-state index contributed by atoms with van der Waals surface area (Å²) in [7, 11) is 0. The zero-order valence-electron chi connectivity index (χ0n) is 12.2. The van der Waals surface area contributed by atoms with Crippen molar-refractivity contribution in [2.45, 2.75) is 45.5 Å². The molecule has 1 heterocycles. The second kappa shape index (κ2) is 7.49. The fourth-order valence-electron chi connectivity index (χ4n) is 2.24. The Labute approximate surface area is 122 Å². The van der Waals surface area contributed by atoms with Gasteiger partial charge in [0.2, 0.25) is 0 Å². The number of nitrogens with zero attached hydrogens (tertiary/aromatic N) is 1. The molecule has 1 aromatic rings. The standard InChI is InChI=1S/C14H21F3N2O2/c1-3-10(4-2)12(20)8-18-13(21)11-6-5-7-19(11)9-14(15,16)17/h5-7,10,12,20H,3-4,8-9H2,1-2H3,(H,18,21). The molecule has 1 aromatic heterocycles.